The molecule has 0 spiro atoms. The topological polar surface area (TPSA) is 28.2 Å². The second-order valence-corrected chi connectivity index (χ2v) is 5.13. The number of pyridine rings is 1. The molecule has 1 aromatic heterocycles. The normalized spacial score (nSPS) is 15.9. The van der Waals surface area contributed by atoms with E-state index in [1.165, 1.54) is 5.56 Å². The van der Waals surface area contributed by atoms with Gasteiger partial charge in [0.15, 0.2) is 0 Å². The van der Waals surface area contributed by atoms with Gasteiger partial charge in [-0.3, -0.25) is 4.90 Å². The average Bonchev–Trinajstić information content (AvgIpc) is 2.33. The molecule has 3 heteroatoms. The van der Waals surface area contributed by atoms with Crippen LogP contribution in [0.3, 0.4) is 0 Å². The molecule has 1 aromatic rings. The van der Waals surface area contributed by atoms with E-state index in [0.29, 0.717) is 0 Å². The summed E-state index contributed by atoms with van der Waals surface area (Å²) in [5, 5.41) is 3.28. The molecule has 2 rings (SSSR count). The summed E-state index contributed by atoms with van der Waals surface area (Å²) in [5.74, 6) is 1.70. The fourth-order valence-electron chi connectivity index (χ4n) is 2.22. The van der Waals surface area contributed by atoms with Crippen LogP contribution in [0.2, 0.25) is 0 Å². The van der Waals surface area contributed by atoms with Crippen LogP contribution in [0.4, 0.5) is 5.82 Å². The maximum atomic E-state index is 4.70. The van der Waals surface area contributed by atoms with Crippen LogP contribution in [0.15, 0.2) is 42.0 Å². The van der Waals surface area contributed by atoms with E-state index in [4.69, 9.17) is 4.98 Å². The molecule has 0 radical (unpaired) electrons. The first kappa shape index (κ1) is 13.4. The van der Waals surface area contributed by atoms with E-state index in [0.717, 1.165) is 39.9 Å². The summed E-state index contributed by atoms with van der Waals surface area (Å²) >= 11 is 0. The predicted molar refractivity (Wildman–Crippen MR) is 80.7 cm³/mol. The van der Waals surface area contributed by atoms with Crippen molar-refractivity contribution >= 4 is 5.82 Å². The third-order valence-corrected chi connectivity index (χ3v) is 3.71. The largest absolute Gasteiger partial charge is 0.345 e. The molecule has 1 aliphatic heterocycles. The number of nitrogens with one attached hydrogen (secondary N) is 1. The Morgan fingerprint density at radius 1 is 1.05 bits per heavy atom. The molecular weight excluding hydrogens is 234 g/mol. The highest BCUT2D eigenvalue weighted by Gasteiger charge is 2.24. The second kappa shape index (κ2) is 4.57. The third-order valence-electron chi connectivity index (χ3n) is 3.71. The van der Waals surface area contributed by atoms with Crippen LogP contribution in [0.1, 0.15) is 30.7 Å². The molecule has 100 valence electrons. The predicted octanol–water partition coefficient (Wildman–Crippen LogP) is 3.70. The first-order valence-electron chi connectivity index (χ1n) is 6.40. The van der Waals surface area contributed by atoms with Crippen LogP contribution in [-0.2, 0) is 0 Å². The zero-order chi connectivity index (χ0) is 14.3. The molecule has 0 saturated heterocycles. The van der Waals surface area contributed by atoms with Gasteiger partial charge in [0.25, 0.3) is 0 Å². The lowest BCUT2D eigenvalue weighted by atomic mass is 10.1. The summed E-state index contributed by atoms with van der Waals surface area (Å²) in [6, 6.07) is 2.15. The highest BCUT2D eigenvalue weighted by atomic mass is 15.3. The van der Waals surface area contributed by atoms with E-state index in [2.05, 4.69) is 45.3 Å². The lowest BCUT2D eigenvalue weighted by molar-refractivity contribution is 0.826. The SMILES string of the molecule is C=C1NC(C)=C(C)C(=C)N1c1nc(C)c(C)cc1C. The van der Waals surface area contributed by atoms with Gasteiger partial charge in [-0.2, -0.15) is 0 Å². The lowest BCUT2D eigenvalue weighted by Crippen LogP contribution is -2.36. The quantitative estimate of drug-likeness (QED) is 0.829. The van der Waals surface area contributed by atoms with E-state index in [1.807, 2.05) is 18.7 Å². The number of hydrogen-bond acceptors (Lipinski definition) is 3. The zero-order valence-corrected chi connectivity index (χ0v) is 12.4. The first-order valence-corrected chi connectivity index (χ1v) is 6.40. The molecule has 2 heterocycles. The number of nitrogens with zero attached hydrogens (tertiary/aromatic N) is 2. The molecule has 0 bridgehead atoms. The maximum Gasteiger partial charge on any atom is 0.141 e. The van der Waals surface area contributed by atoms with Gasteiger partial charge in [-0.05, 0) is 51.3 Å². The van der Waals surface area contributed by atoms with Gasteiger partial charge in [-0.25, -0.2) is 4.98 Å². The molecule has 0 fully saturated rings. The van der Waals surface area contributed by atoms with Crippen molar-refractivity contribution in [2.45, 2.75) is 34.6 Å². The highest BCUT2D eigenvalue weighted by molar-refractivity contribution is 5.64. The zero-order valence-electron chi connectivity index (χ0n) is 12.4. The first-order chi connectivity index (χ1) is 8.82. The Morgan fingerprint density at radius 2 is 1.68 bits per heavy atom. The van der Waals surface area contributed by atoms with Crippen molar-refractivity contribution in [3.05, 3.63) is 58.8 Å². The Morgan fingerprint density at radius 3 is 2.32 bits per heavy atom. The third kappa shape index (κ3) is 2.16. The summed E-state index contributed by atoms with van der Waals surface area (Å²) in [4.78, 5) is 6.69. The van der Waals surface area contributed by atoms with E-state index in [9.17, 15) is 0 Å². The minimum atomic E-state index is 0.798. The van der Waals surface area contributed by atoms with E-state index >= 15 is 0 Å². The lowest BCUT2D eigenvalue weighted by Gasteiger charge is -2.35. The number of allylic oxidation sites excluding steroid dienone is 2. The van der Waals surface area contributed by atoms with Gasteiger partial charge >= 0.3 is 0 Å². The van der Waals surface area contributed by atoms with Gasteiger partial charge in [0.05, 0.1) is 0 Å². The summed E-state index contributed by atoms with van der Waals surface area (Å²) < 4.78 is 0. The van der Waals surface area contributed by atoms with Crippen LogP contribution < -0.4 is 10.2 Å². The van der Waals surface area contributed by atoms with Gasteiger partial charge in [0.2, 0.25) is 0 Å². The van der Waals surface area contributed by atoms with Crippen molar-refractivity contribution in [1.29, 1.82) is 0 Å². The molecule has 0 unspecified atom stereocenters. The van der Waals surface area contributed by atoms with E-state index in [-0.39, 0.29) is 0 Å². The summed E-state index contributed by atoms with van der Waals surface area (Å²) in [6.45, 7) is 18.5. The summed E-state index contributed by atoms with van der Waals surface area (Å²) in [6.07, 6.45) is 0. The van der Waals surface area contributed by atoms with Gasteiger partial charge in [-0.1, -0.05) is 19.2 Å². The summed E-state index contributed by atoms with van der Waals surface area (Å²) in [5.41, 5.74) is 6.51. The number of aromatic nitrogens is 1. The van der Waals surface area contributed by atoms with Crippen LogP contribution in [-0.4, -0.2) is 4.98 Å². The van der Waals surface area contributed by atoms with E-state index in [1.54, 1.807) is 0 Å². The van der Waals surface area contributed by atoms with Gasteiger partial charge in [0.1, 0.15) is 11.6 Å². The van der Waals surface area contributed by atoms with Crippen LogP contribution in [0, 0.1) is 20.8 Å². The summed E-state index contributed by atoms with van der Waals surface area (Å²) in [7, 11) is 0. The van der Waals surface area contributed by atoms with Crippen LogP contribution in [0.5, 0.6) is 0 Å². The minimum Gasteiger partial charge on any atom is -0.345 e. The van der Waals surface area contributed by atoms with Crippen molar-refractivity contribution in [3.8, 4) is 0 Å². The van der Waals surface area contributed by atoms with Crippen LogP contribution in [0.25, 0.3) is 0 Å². The van der Waals surface area contributed by atoms with Gasteiger partial charge in [-0.15, -0.1) is 0 Å². The highest BCUT2D eigenvalue weighted by Crippen LogP contribution is 2.32. The molecule has 0 aromatic carbocycles. The van der Waals surface area contributed by atoms with Crippen molar-refractivity contribution in [3.63, 3.8) is 0 Å². The minimum absolute atomic E-state index is 0.798. The van der Waals surface area contributed by atoms with Crippen molar-refractivity contribution in [1.82, 2.24) is 10.3 Å². The molecule has 3 nitrogen and oxygen atoms in total. The molecule has 0 aliphatic carbocycles. The smallest absolute Gasteiger partial charge is 0.141 e. The Balaban J connectivity index is 2.56. The van der Waals surface area contributed by atoms with Crippen molar-refractivity contribution < 1.29 is 0 Å². The van der Waals surface area contributed by atoms with Gasteiger partial charge < -0.3 is 5.32 Å². The number of rotatable bonds is 1. The molecule has 0 saturated carbocycles. The number of anilines is 1. The Bertz CT molecular complexity index is 609. The molecule has 1 aliphatic rings. The maximum absolute atomic E-state index is 4.70. The molecule has 0 amide bonds. The average molecular weight is 255 g/mol. The fourth-order valence-corrected chi connectivity index (χ4v) is 2.22. The van der Waals surface area contributed by atoms with Crippen LogP contribution >= 0.6 is 0 Å². The Kier molecular flexibility index (Phi) is 3.23. The fraction of sp³-hybridized carbons (Fsp3) is 0.312. The number of hydrogen-bond donors (Lipinski definition) is 1. The monoisotopic (exact) mass is 255 g/mol. The second-order valence-electron chi connectivity index (χ2n) is 5.13. The van der Waals surface area contributed by atoms with E-state index < -0.39 is 0 Å². The number of aryl methyl sites for hydroxylation is 3. The van der Waals surface area contributed by atoms with Crippen molar-refractivity contribution in [2.24, 2.45) is 0 Å². The molecular formula is C16H21N3. The molecule has 19 heavy (non-hydrogen) atoms. The Hall–Kier alpha value is -2.03. The molecule has 0 atom stereocenters. The molecule has 1 N–H and O–H groups in total. The van der Waals surface area contributed by atoms with Gasteiger partial charge in [0, 0.05) is 17.1 Å². The van der Waals surface area contributed by atoms with Crippen molar-refractivity contribution in [2.75, 3.05) is 4.90 Å². The Labute approximate surface area is 115 Å². The standard InChI is InChI=1S/C16H21N3/c1-9-8-10(2)16(18-12(9)4)19-14(6)11(3)13(5)17-15(19)7/h8,17H,6-7H2,1-5H3.